The number of likely N-dealkylation sites (tertiary alicyclic amines) is 1. The highest BCUT2D eigenvalue weighted by Gasteiger charge is 2.34. The summed E-state index contributed by atoms with van der Waals surface area (Å²) in [5.74, 6) is -0.0315. The third-order valence-corrected chi connectivity index (χ3v) is 5.62. The van der Waals surface area contributed by atoms with Crippen LogP contribution < -0.4 is 5.73 Å². The molecule has 0 spiro atoms. The second-order valence-electron chi connectivity index (χ2n) is 7.82. The van der Waals surface area contributed by atoms with Crippen LogP contribution in [0.15, 0.2) is 54.7 Å². The fraction of sp³-hybridized carbons (Fsp3) is 0.304. The maximum Gasteiger partial charge on any atom is 0.257 e. The molecule has 1 aliphatic rings. The van der Waals surface area contributed by atoms with Crippen molar-refractivity contribution in [2.45, 2.75) is 26.3 Å². The van der Waals surface area contributed by atoms with Gasteiger partial charge < -0.3 is 10.6 Å². The number of carbonyl (C=O) groups is 1. The largest absolute Gasteiger partial charge is 0.335 e. The summed E-state index contributed by atoms with van der Waals surface area (Å²) in [6, 6.07) is 14.2. The van der Waals surface area contributed by atoms with Crippen LogP contribution in [0.1, 0.15) is 29.3 Å². The Bertz CT molecular complexity index is 1010. The van der Waals surface area contributed by atoms with E-state index in [4.69, 9.17) is 5.73 Å². The molecule has 0 saturated carbocycles. The van der Waals surface area contributed by atoms with Crippen LogP contribution in [-0.4, -0.2) is 39.7 Å². The van der Waals surface area contributed by atoms with E-state index in [2.05, 4.69) is 12.0 Å². The Hall–Kier alpha value is -2.99. The van der Waals surface area contributed by atoms with E-state index in [1.807, 2.05) is 36.1 Å². The van der Waals surface area contributed by atoms with Crippen molar-refractivity contribution >= 4 is 5.91 Å². The molecule has 6 heteroatoms. The Morgan fingerprint density at radius 1 is 1.17 bits per heavy atom. The summed E-state index contributed by atoms with van der Waals surface area (Å²) >= 11 is 0. The molecule has 4 rings (SSSR count). The Kier molecular flexibility index (Phi) is 5.20. The van der Waals surface area contributed by atoms with Crippen molar-refractivity contribution in [3.63, 3.8) is 0 Å². The summed E-state index contributed by atoms with van der Waals surface area (Å²) in [6.45, 7) is 5.31. The normalized spacial score (nSPS) is 19.0. The van der Waals surface area contributed by atoms with Crippen molar-refractivity contribution in [3.05, 3.63) is 71.7 Å². The summed E-state index contributed by atoms with van der Waals surface area (Å²) < 4.78 is 15.0. The van der Waals surface area contributed by atoms with Crippen LogP contribution in [0, 0.1) is 18.7 Å². The number of hydrogen-bond acceptors (Lipinski definition) is 3. The Labute approximate surface area is 169 Å². The first-order chi connectivity index (χ1) is 14.0. The standard InChI is InChI=1S/C23H25FN4O/c1-15-3-5-18(6-4-15)22-21(23(29)27-13-17(12-25)11-16(27)2)14-28(26-22)20-9-7-19(24)8-10-20/h3-10,14,16-17H,11-13,25H2,1-2H3. The molecule has 0 aliphatic carbocycles. The highest BCUT2D eigenvalue weighted by molar-refractivity contribution is 6.00. The van der Waals surface area contributed by atoms with Gasteiger partial charge in [0.15, 0.2) is 0 Å². The quantitative estimate of drug-likeness (QED) is 0.735. The molecule has 29 heavy (non-hydrogen) atoms. The van der Waals surface area contributed by atoms with E-state index in [0.29, 0.717) is 36.0 Å². The van der Waals surface area contributed by atoms with E-state index in [-0.39, 0.29) is 17.8 Å². The average Bonchev–Trinajstić information content (AvgIpc) is 3.33. The predicted octanol–water partition coefficient (Wildman–Crippen LogP) is 3.80. The first-order valence-corrected chi connectivity index (χ1v) is 9.90. The van der Waals surface area contributed by atoms with Gasteiger partial charge in [0, 0.05) is 24.3 Å². The third-order valence-electron chi connectivity index (χ3n) is 5.62. The Morgan fingerprint density at radius 2 is 1.86 bits per heavy atom. The molecule has 1 aromatic heterocycles. The molecule has 3 aromatic rings. The molecule has 2 heterocycles. The van der Waals surface area contributed by atoms with Crippen LogP contribution >= 0.6 is 0 Å². The van der Waals surface area contributed by atoms with Crippen LogP contribution in [0.5, 0.6) is 0 Å². The van der Waals surface area contributed by atoms with Gasteiger partial charge in [-0.3, -0.25) is 4.79 Å². The fourth-order valence-electron chi connectivity index (χ4n) is 3.93. The second-order valence-corrected chi connectivity index (χ2v) is 7.82. The molecule has 0 bridgehead atoms. The van der Waals surface area contributed by atoms with Gasteiger partial charge in [0.25, 0.3) is 5.91 Å². The van der Waals surface area contributed by atoms with Gasteiger partial charge >= 0.3 is 0 Å². The summed E-state index contributed by atoms with van der Waals surface area (Å²) in [6.07, 6.45) is 2.65. The number of nitrogens with two attached hydrogens (primary N) is 1. The van der Waals surface area contributed by atoms with Crippen LogP contribution in [0.2, 0.25) is 0 Å². The zero-order chi connectivity index (χ0) is 20.5. The summed E-state index contributed by atoms with van der Waals surface area (Å²) in [5, 5.41) is 4.69. The van der Waals surface area contributed by atoms with Crippen LogP contribution in [0.4, 0.5) is 4.39 Å². The van der Waals surface area contributed by atoms with Crippen molar-refractivity contribution in [2.24, 2.45) is 11.7 Å². The van der Waals surface area contributed by atoms with Crippen LogP contribution in [-0.2, 0) is 0 Å². The summed E-state index contributed by atoms with van der Waals surface area (Å²) in [5.41, 5.74) is 9.73. The molecule has 1 amide bonds. The number of benzene rings is 2. The molecule has 1 fully saturated rings. The van der Waals surface area contributed by atoms with Crippen molar-refractivity contribution in [1.29, 1.82) is 0 Å². The van der Waals surface area contributed by atoms with E-state index < -0.39 is 0 Å². The van der Waals surface area contributed by atoms with E-state index in [1.165, 1.54) is 12.1 Å². The van der Waals surface area contributed by atoms with Crippen LogP contribution in [0.3, 0.4) is 0 Å². The number of aryl methyl sites for hydroxylation is 1. The lowest BCUT2D eigenvalue weighted by Gasteiger charge is -2.21. The minimum Gasteiger partial charge on any atom is -0.335 e. The summed E-state index contributed by atoms with van der Waals surface area (Å²) in [7, 11) is 0. The highest BCUT2D eigenvalue weighted by Crippen LogP contribution is 2.29. The fourth-order valence-corrected chi connectivity index (χ4v) is 3.93. The van der Waals surface area contributed by atoms with Crippen molar-refractivity contribution in [1.82, 2.24) is 14.7 Å². The molecule has 2 aromatic carbocycles. The van der Waals surface area contributed by atoms with E-state index in [9.17, 15) is 9.18 Å². The molecular weight excluding hydrogens is 367 g/mol. The van der Waals surface area contributed by atoms with Gasteiger partial charge in [0.2, 0.25) is 0 Å². The lowest BCUT2D eigenvalue weighted by atomic mass is 10.1. The van der Waals surface area contributed by atoms with Crippen molar-refractivity contribution < 1.29 is 9.18 Å². The molecule has 2 N–H and O–H groups in total. The average molecular weight is 392 g/mol. The van der Waals surface area contributed by atoms with Gasteiger partial charge in [-0.1, -0.05) is 29.8 Å². The molecule has 1 saturated heterocycles. The maximum atomic E-state index is 13.5. The molecule has 0 radical (unpaired) electrons. The minimum absolute atomic E-state index is 0.0441. The number of nitrogens with zero attached hydrogens (tertiary/aromatic N) is 3. The van der Waals surface area contributed by atoms with Gasteiger partial charge in [0.1, 0.15) is 11.5 Å². The monoisotopic (exact) mass is 392 g/mol. The predicted molar refractivity (Wildman–Crippen MR) is 111 cm³/mol. The van der Waals surface area contributed by atoms with Crippen molar-refractivity contribution in [3.8, 4) is 16.9 Å². The first-order valence-electron chi connectivity index (χ1n) is 9.90. The number of aromatic nitrogens is 2. The lowest BCUT2D eigenvalue weighted by Crippen LogP contribution is -2.34. The van der Waals surface area contributed by atoms with Gasteiger partial charge in [-0.15, -0.1) is 0 Å². The van der Waals surface area contributed by atoms with E-state index >= 15 is 0 Å². The summed E-state index contributed by atoms with van der Waals surface area (Å²) in [4.78, 5) is 15.3. The topological polar surface area (TPSA) is 64.2 Å². The van der Waals surface area contributed by atoms with Crippen LogP contribution in [0.25, 0.3) is 16.9 Å². The van der Waals surface area contributed by atoms with E-state index in [1.54, 1.807) is 23.0 Å². The molecule has 2 unspecified atom stereocenters. The Balaban J connectivity index is 1.77. The number of amides is 1. The highest BCUT2D eigenvalue weighted by atomic mass is 19.1. The first kappa shape index (κ1) is 19.3. The van der Waals surface area contributed by atoms with Gasteiger partial charge in [-0.05, 0) is 57.0 Å². The SMILES string of the molecule is Cc1ccc(-c2nn(-c3ccc(F)cc3)cc2C(=O)N2CC(CN)CC2C)cc1. The Morgan fingerprint density at radius 3 is 2.48 bits per heavy atom. The van der Waals surface area contributed by atoms with Gasteiger partial charge in [-0.2, -0.15) is 5.10 Å². The third kappa shape index (κ3) is 3.80. The zero-order valence-corrected chi connectivity index (χ0v) is 16.7. The molecule has 1 aliphatic heterocycles. The lowest BCUT2D eigenvalue weighted by molar-refractivity contribution is 0.0744. The molecule has 150 valence electrons. The number of hydrogen-bond donors (Lipinski definition) is 1. The minimum atomic E-state index is -0.310. The second kappa shape index (κ2) is 7.79. The smallest absolute Gasteiger partial charge is 0.257 e. The van der Waals surface area contributed by atoms with E-state index in [0.717, 1.165) is 17.5 Å². The molecular formula is C23H25FN4O. The number of carbonyl (C=O) groups excluding carboxylic acids is 1. The molecule has 2 atom stereocenters. The number of rotatable bonds is 4. The maximum absolute atomic E-state index is 13.5. The van der Waals surface area contributed by atoms with Gasteiger partial charge in [0.05, 0.1) is 11.3 Å². The zero-order valence-electron chi connectivity index (χ0n) is 16.7. The van der Waals surface area contributed by atoms with Crippen molar-refractivity contribution in [2.75, 3.05) is 13.1 Å². The number of halogens is 1. The molecule has 5 nitrogen and oxygen atoms in total. The van der Waals surface area contributed by atoms with Gasteiger partial charge in [-0.25, -0.2) is 9.07 Å².